The quantitative estimate of drug-likeness (QED) is 0.245. The molecule has 3 aromatic rings. The van der Waals surface area contributed by atoms with Crippen molar-refractivity contribution in [1.29, 1.82) is 0 Å². The van der Waals surface area contributed by atoms with Crippen LogP contribution in [0.2, 0.25) is 5.02 Å². The van der Waals surface area contributed by atoms with Crippen molar-refractivity contribution >= 4 is 39.1 Å². The maximum Gasteiger partial charge on any atom is 0.243 e. The first-order valence-corrected chi connectivity index (χ1v) is 16.5. The molecule has 3 rings (SSSR count). The summed E-state index contributed by atoms with van der Waals surface area (Å²) < 4.78 is 26.8. The van der Waals surface area contributed by atoms with Crippen molar-refractivity contribution in [2.75, 3.05) is 23.7 Å². The zero-order valence-corrected chi connectivity index (χ0v) is 26.7. The fourth-order valence-electron chi connectivity index (χ4n) is 4.91. The van der Waals surface area contributed by atoms with Gasteiger partial charge in [-0.3, -0.25) is 13.9 Å². The van der Waals surface area contributed by atoms with E-state index in [-0.39, 0.29) is 43.7 Å². The third kappa shape index (κ3) is 10.2. The van der Waals surface area contributed by atoms with E-state index in [1.807, 2.05) is 88.4 Å². The minimum absolute atomic E-state index is 0.0696. The number of nitrogens with zero attached hydrogens (tertiary/aromatic N) is 2. The van der Waals surface area contributed by atoms with Gasteiger partial charge in [-0.05, 0) is 72.7 Å². The molecule has 0 aliphatic heterocycles. The fourth-order valence-corrected chi connectivity index (χ4v) is 6.07. The largest absolute Gasteiger partial charge is 0.354 e. The molecule has 7 nitrogen and oxygen atoms in total. The Morgan fingerprint density at radius 1 is 0.905 bits per heavy atom. The highest BCUT2D eigenvalue weighted by molar-refractivity contribution is 7.92. The van der Waals surface area contributed by atoms with Gasteiger partial charge >= 0.3 is 0 Å². The average molecular weight is 612 g/mol. The van der Waals surface area contributed by atoms with Crippen LogP contribution in [0.5, 0.6) is 0 Å². The number of halogens is 1. The van der Waals surface area contributed by atoms with Gasteiger partial charge in [-0.2, -0.15) is 0 Å². The van der Waals surface area contributed by atoms with Crippen LogP contribution in [-0.4, -0.2) is 50.5 Å². The van der Waals surface area contributed by atoms with Gasteiger partial charge in [-0.15, -0.1) is 0 Å². The molecule has 3 aromatic carbocycles. The van der Waals surface area contributed by atoms with Crippen molar-refractivity contribution in [3.63, 3.8) is 0 Å². The van der Waals surface area contributed by atoms with E-state index in [1.165, 1.54) is 10.6 Å². The van der Waals surface area contributed by atoms with Gasteiger partial charge in [0.2, 0.25) is 21.8 Å². The van der Waals surface area contributed by atoms with Crippen LogP contribution < -0.4 is 9.62 Å². The molecule has 0 bridgehead atoms. The number of rotatable bonds is 14. The molecule has 226 valence electrons. The number of hydrogen-bond donors (Lipinski definition) is 1. The van der Waals surface area contributed by atoms with Crippen LogP contribution in [0.3, 0.4) is 0 Å². The first kappa shape index (κ1) is 33.1. The van der Waals surface area contributed by atoms with Crippen molar-refractivity contribution in [3.05, 3.63) is 100 Å². The van der Waals surface area contributed by atoms with Crippen molar-refractivity contribution in [3.8, 4) is 0 Å². The molecule has 2 amide bonds. The van der Waals surface area contributed by atoms with E-state index in [1.54, 1.807) is 17.0 Å². The van der Waals surface area contributed by atoms with Crippen molar-refractivity contribution in [1.82, 2.24) is 10.2 Å². The Labute approximate surface area is 255 Å². The Morgan fingerprint density at radius 2 is 1.55 bits per heavy atom. The Hall–Kier alpha value is -3.36. The molecule has 42 heavy (non-hydrogen) atoms. The minimum atomic E-state index is -3.58. The topological polar surface area (TPSA) is 86.8 Å². The second kappa shape index (κ2) is 15.2. The van der Waals surface area contributed by atoms with E-state index in [2.05, 4.69) is 5.32 Å². The molecule has 9 heteroatoms. The third-order valence-corrected chi connectivity index (χ3v) is 8.27. The van der Waals surface area contributed by atoms with Crippen LogP contribution in [0.1, 0.15) is 48.9 Å². The molecule has 0 aliphatic rings. The highest BCUT2D eigenvalue weighted by atomic mass is 35.5. The van der Waals surface area contributed by atoms with E-state index in [0.717, 1.165) is 22.3 Å². The zero-order valence-electron chi connectivity index (χ0n) is 25.1. The van der Waals surface area contributed by atoms with E-state index in [4.69, 9.17) is 11.6 Å². The number of sulfonamides is 1. The van der Waals surface area contributed by atoms with Crippen LogP contribution in [0.15, 0.2) is 72.8 Å². The first-order chi connectivity index (χ1) is 19.8. The molecule has 0 fully saturated rings. The van der Waals surface area contributed by atoms with E-state index < -0.39 is 16.1 Å². The van der Waals surface area contributed by atoms with Crippen LogP contribution in [-0.2, 0) is 32.6 Å². The summed E-state index contributed by atoms with van der Waals surface area (Å²) in [6, 6.07) is 21.8. The number of carbonyl (C=O) groups excluding carboxylic acids is 2. The molecule has 0 radical (unpaired) electrons. The smallest absolute Gasteiger partial charge is 0.243 e. The molecule has 0 saturated carbocycles. The van der Waals surface area contributed by atoms with Gasteiger partial charge in [0.15, 0.2) is 0 Å². The van der Waals surface area contributed by atoms with Gasteiger partial charge in [0.25, 0.3) is 0 Å². The monoisotopic (exact) mass is 611 g/mol. The lowest BCUT2D eigenvalue weighted by Crippen LogP contribution is -2.51. The molecular weight excluding hydrogens is 570 g/mol. The SMILES string of the molecule is Cc1cc(C)cc(N(CCCC(=O)N(Cc2cccc(Cl)c2)[C@H](Cc2ccccc2)C(=O)NCC(C)C)S(C)(=O)=O)c1. The summed E-state index contributed by atoms with van der Waals surface area (Å²) in [5.74, 6) is -0.212. The molecule has 0 aliphatic carbocycles. The Bertz CT molecular complexity index is 1440. The number of hydrogen-bond acceptors (Lipinski definition) is 4. The van der Waals surface area contributed by atoms with E-state index >= 15 is 0 Å². The summed E-state index contributed by atoms with van der Waals surface area (Å²) in [5.41, 5.74) is 4.23. The second-order valence-electron chi connectivity index (χ2n) is 11.3. The van der Waals surface area contributed by atoms with Crippen molar-refractivity contribution in [2.45, 2.75) is 59.5 Å². The number of amides is 2. The predicted molar refractivity (Wildman–Crippen MR) is 171 cm³/mol. The van der Waals surface area contributed by atoms with Gasteiger partial charge in [-0.1, -0.05) is 74.0 Å². The molecule has 0 saturated heterocycles. The summed E-state index contributed by atoms with van der Waals surface area (Å²) in [4.78, 5) is 29.1. The number of carbonyl (C=O) groups is 2. The van der Waals surface area contributed by atoms with Gasteiger partial charge in [0, 0.05) is 37.5 Å². The average Bonchev–Trinajstić information content (AvgIpc) is 2.91. The van der Waals surface area contributed by atoms with Crippen LogP contribution in [0.25, 0.3) is 0 Å². The summed E-state index contributed by atoms with van der Waals surface area (Å²) >= 11 is 6.26. The molecule has 0 aromatic heterocycles. The molecule has 0 spiro atoms. The van der Waals surface area contributed by atoms with Crippen LogP contribution >= 0.6 is 11.6 Å². The summed E-state index contributed by atoms with van der Waals surface area (Å²) in [5, 5.41) is 3.56. The summed E-state index contributed by atoms with van der Waals surface area (Å²) in [7, 11) is -3.58. The Balaban J connectivity index is 1.89. The van der Waals surface area contributed by atoms with Gasteiger partial charge < -0.3 is 10.2 Å². The van der Waals surface area contributed by atoms with E-state index in [9.17, 15) is 18.0 Å². The fraction of sp³-hybridized carbons (Fsp3) is 0.394. The summed E-state index contributed by atoms with van der Waals surface area (Å²) in [6.07, 6.45) is 1.87. The summed E-state index contributed by atoms with van der Waals surface area (Å²) in [6.45, 7) is 8.70. The van der Waals surface area contributed by atoms with Crippen LogP contribution in [0.4, 0.5) is 5.69 Å². The predicted octanol–water partition coefficient (Wildman–Crippen LogP) is 5.92. The van der Waals surface area contributed by atoms with Gasteiger partial charge in [-0.25, -0.2) is 8.42 Å². The molecule has 0 unspecified atom stereocenters. The first-order valence-electron chi connectivity index (χ1n) is 14.2. The Morgan fingerprint density at radius 3 is 2.14 bits per heavy atom. The third-order valence-electron chi connectivity index (χ3n) is 6.84. The lowest BCUT2D eigenvalue weighted by Gasteiger charge is -2.32. The lowest BCUT2D eigenvalue weighted by molar-refractivity contribution is -0.141. The highest BCUT2D eigenvalue weighted by Gasteiger charge is 2.30. The number of benzene rings is 3. The van der Waals surface area contributed by atoms with Gasteiger partial charge in [0.1, 0.15) is 6.04 Å². The van der Waals surface area contributed by atoms with Gasteiger partial charge in [0.05, 0.1) is 11.9 Å². The standard InChI is InChI=1S/C33H42ClN3O4S/c1-24(2)22-35-33(39)31(21-27-11-7-6-8-12-27)36(23-28-13-9-14-29(34)20-28)32(38)15-10-16-37(42(5,40)41)30-18-25(3)17-26(4)19-30/h6-9,11-14,17-20,24,31H,10,15-16,21-23H2,1-5H3,(H,35,39)/t31-/m1/s1. The molecular formula is C33H42ClN3O4S. The highest BCUT2D eigenvalue weighted by Crippen LogP contribution is 2.23. The second-order valence-corrected chi connectivity index (χ2v) is 13.6. The molecule has 1 atom stereocenters. The number of aryl methyl sites for hydroxylation is 2. The van der Waals surface area contributed by atoms with Crippen molar-refractivity contribution in [2.24, 2.45) is 5.92 Å². The molecule has 1 N–H and O–H groups in total. The normalized spacial score (nSPS) is 12.2. The van der Waals surface area contributed by atoms with Crippen molar-refractivity contribution < 1.29 is 18.0 Å². The molecule has 0 heterocycles. The van der Waals surface area contributed by atoms with E-state index in [0.29, 0.717) is 23.7 Å². The maximum atomic E-state index is 13.9. The number of anilines is 1. The van der Waals surface area contributed by atoms with Crippen LogP contribution in [0, 0.1) is 19.8 Å². The number of nitrogens with one attached hydrogen (secondary N) is 1. The Kier molecular flexibility index (Phi) is 12.0. The minimum Gasteiger partial charge on any atom is -0.354 e. The maximum absolute atomic E-state index is 13.9. The lowest BCUT2D eigenvalue weighted by atomic mass is 10.0. The zero-order chi connectivity index (χ0) is 30.9.